The first kappa shape index (κ1) is 49.3. The van der Waals surface area contributed by atoms with Gasteiger partial charge in [0, 0.05) is 12.1 Å². The molecule has 0 saturated carbocycles. The molecule has 16 N–H and O–H groups in total. The minimum atomic E-state index is -1.79. The van der Waals surface area contributed by atoms with Gasteiger partial charge in [-0.05, 0) is 42.5 Å². The second-order valence-corrected chi connectivity index (χ2v) is 15.8. The lowest BCUT2D eigenvalue weighted by atomic mass is 9.98. The normalized spacial score (nSPS) is 41.0. The Labute approximate surface area is 358 Å². The topological polar surface area (TPSA) is 398 Å². The van der Waals surface area contributed by atoms with E-state index in [1.807, 2.05) is 0 Å². The predicted octanol–water partition coefficient (Wildman–Crippen LogP) is -6.72. The van der Waals surface area contributed by atoms with Crippen LogP contribution in [0.4, 0.5) is 0 Å². The first-order chi connectivity index (χ1) is 29.9. The number of aryl methyl sites for hydroxylation is 2. The number of phenolic OH excluding ortho intramolecular Hbond substituents is 2. The van der Waals surface area contributed by atoms with Gasteiger partial charge in [-0.15, -0.1) is 0 Å². The van der Waals surface area contributed by atoms with E-state index in [9.17, 15) is 81.7 Å². The van der Waals surface area contributed by atoms with Crippen molar-refractivity contribution >= 4 is 0 Å². The van der Waals surface area contributed by atoms with Crippen LogP contribution >= 0.6 is 0 Å². The third kappa shape index (κ3) is 11.1. The Morgan fingerprint density at radius 1 is 0.397 bits per heavy atom. The van der Waals surface area contributed by atoms with Crippen molar-refractivity contribution in [2.75, 3.05) is 26.4 Å². The van der Waals surface area contributed by atoms with E-state index in [2.05, 4.69) is 0 Å². The van der Waals surface area contributed by atoms with E-state index in [-0.39, 0.29) is 23.0 Å². The fourth-order valence-corrected chi connectivity index (χ4v) is 7.49. The third-order valence-electron chi connectivity index (χ3n) is 11.4. The van der Waals surface area contributed by atoms with Gasteiger partial charge in [-0.25, -0.2) is 0 Å². The van der Waals surface area contributed by atoms with Crippen molar-refractivity contribution < 1.29 is 120 Å². The number of aromatic hydroxyl groups is 2. The Morgan fingerprint density at radius 2 is 0.714 bits per heavy atom. The number of ether oxygens (including phenoxy) is 8. The van der Waals surface area contributed by atoms with Gasteiger partial charge in [0.2, 0.25) is 12.6 Å². The molecule has 2 aromatic carbocycles. The van der Waals surface area contributed by atoms with E-state index in [1.165, 1.54) is 36.4 Å². The lowest BCUT2D eigenvalue weighted by Crippen LogP contribution is -2.62. The maximum Gasteiger partial charge on any atom is 0.229 e. The highest BCUT2D eigenvalue weighted by Crippen LogP contribution is 2.33. The van der Waals surface area contributed by atoms with E-state index < -0.39 is 149 Å². The first-order valence-electron chi connectivity index (χ1n) is 20.1. The molecule has 0 aromatic heterocycles. The third-order valence-corrected chi connectivity index (χ3v) is 11.4. The molecule has 4 aliphatic heterocycles. The molecular weight excluding hydrogens is 852 g/mol. The largest absolute Gasteiger partial charge is 0.508 e. The van der Waals surface area contributed by atoms with Gasteiger partial charge in [0.05, 0.1) is 26.4 Å². The zero-order valence-corrected chi connectivity index (χ0v) is 33.4. The summed E-state index contributed by atoms with van der Waals surface area (Å²) in [6.07, 6.45) is -31.2. The summed E-state index contributed by atoms with van der Waals surface area (Å²) in [5.41, 5.74) is 0.949. The standard InChI is InChI=1S/C39H56O24/c40-10-20-24(44)28(48)32(52)36(60-20)56-12-22-26(46)30(50)34(54)38(62-22)58-16-6-4-14(18(42)8-16)2-1-3-15-5-7-17(9-19(15)43)59-39-35(55)31(51)27(47)23(63-39)13-57-37-33(53)29(49)25(45)21(11-41)61-37/h4-9,20-55H,1-3,10-13H2/t20-,21-,22-,23-,24-,25-,26-,27-,28+,29+,30+,31+,32-,33-,34-,35-,36?,37?,38?,39?/m1/s1. The summed E-state index contributed by atoms with van der Waals surface area (Å²) < 4.78 is 44.0. The minimum Gasteiger partial charge on any atom is -0.508 e. The molecule has 24 heteroatoms. The van der Waals surface area contributed by atoms with Crippen molar-refractivity contribution in [3.63, 3.8) is 0 Å². The molecule has 24 nitrogen and oxygen atoms in total. The van der Waals surface area contributed by atoms with Crippen molar-refractivity contribution in [3.05, 3.63) is 47.5 Å². The zero-order valence-electron chi connectivity index (χ0n) is 33.4. The number of phenols is 2. The predicted molar refractivity (Wildman–Crippen MR) is 202 cm³/mol. The van der Waals surface area contributed by atoms with E-state index in [4.69, 9.17) is 37.9 Å². The maximum absolute atomic E-state index is 10.8. The molecule has 0 amide bonds. The smallest absolute Gasteiger partial charge is 0.229 e. The van der Waals surface area contributed by atoms with Crippen LogP contribution in [0.15, 0.2) is 36.4 Å². The summed E-state index contributed by atoms with van der Waals surface area (Å²) in [4.78, 5) is 0. The van der Waals surface area contributed by atoms with Gasteiger partial charge >= 0.3 is 0 Å². The average Bonchev–Trinajstić information content (AvgIpc) is 3.26. The van der Waals surface area contributed by atoms with Crippen LogP contribution in [0.1, 0.15) is 17.5 Å². The number of hydrogen-bond acceptors (Lipinski definition) is 24. The molecule has 4 unspecified atom stereocenters. The van der Waals surface area contributed by atoms with Gasteiger partial charge in [0.25, 0.3) is 0 Å². The molecule has 4 fully saturated rings. The highest BCUT2D eigenvalue weighted by atomic mass is 16.7. The molecule has 0 bridgehead atoms. The van der Waals surface area contributed by atoms with Gasteiger partial charge in [-0.2, -0.15) is 0 Å². The van der Waals surface area contributed by atoms with Crippen LogP contribution in [-0.2, 0) is 41.3 Å². The lowest BCUT2D eigenvalue weighted by molar-refractivity contribution is -0.323. The Balaban J connectivity index is 0.985. The number of rotatable bonds is 16. The Kier molecular flexibility index (Phi) is 16.8. The molecule has 63 heavy (non-hydrogen) atoms. The number of aliphatic hydroxyl groups excluding tert-OH is 14. The Bertz CT molecular complexity index is 1630. The second-order valence-electron chi connectivity index (χ2n) is 15.8. The fraction of sp³-hybridized carbons (Fsp3) is 0.692. The van der Waals surface area contributed by atoms with E-state index in [0.29, 0.717) is 30.4 Å². The second kappa shape index (κ2) is 21.4. The van der Waals surface area contributed by atoms with Gasteiger partial charge in [0.15, 0.2) is 12.6 Å². The number of hydrogen-bond donors (Lipinski definition) is 16. The van der Waals surface area contributed by atoms with Gasteiger partial charge < -0.3 is 120 Å². The van der Waals surface area contributed by atoms with Crippen molar-refractivity contribution in [2.24, 2.45) is 0 Å². The maximum atomic E-state index is 10.8. The monoisotopic (exact) mass is 908 g/mol. The highest BCUT2D eigenvalue weighted by molar-refractivity contribution is 5.41. The van der Waals surface area contributed by atoms with E-state index in [1.54, 1.807) is 0 Å². The molecular formula is C39H56O24. The van der Waals surface area contributed by atoms with Crippen molar-refractivity contribution in [2.45, 2.75) is 142 Å². The van der Waals surface area contributed by atoms with E-state index >= 15 is 0 Å². The van der Waals surface area contributed by atoms with Crippen LogP contribution in [0.2, 0.25) is 0 Å². The molecule has 6 rings (SSSR count). The van der Waals surface area contributed by atoms with Crippen LogP contribution in [0.25, 0.3) is 0 Å². The van der Waals surface area contributed by atoms with Crippen LogP contribution in [0, 0.1) is 0 Å². The summed E-state index contributed by atoms with van der Waals surface area (Å²) in [7, 11) is 0. The van der Waals surface area contributed by atoms with Crippen molar-refractivity contribution in [3.8, 4) is 23.0 Å². The molecule has 0 radical (unpaired) electrons. The van der Waals surface area contributed by atoms with Gasteiger partial charge in [-0.1, -0.05) is 12.1 Å². The van der Waals surface area contributed by atoms with Gasteiger partial charge in [-0.3, -0.25) is 0 Å². The molecule has 0 spiro atoms. The number of benzene rings is 2. The molecule has 2 aromatic rings. The van der Waals surface area contributed by atoms with Crippen LogP contribution in [0.3, 0.4) is 0 Å². The fourth-order valence-electron chi connectivity index (χ4n) is 7.49. The Hall–Kier alpha value is -3.16. The minimum absolute atomic E-state index is 0.00691. The summed E-state index contributed by atoms with van der Waals surface area (Å²) in [5, 5.41) is 164. The molecule has 356 valence electrons. The quantitative estimate of drug-likeness (QED) is 0.0744. The van der Waals surface area contributed by atoms with Gasteiger partial charge in [0.1, 0.15) is 121 Å². The summed E-state index contributed by atoms with van der Waals surface area (Å²) in [6.45, 7) is -2.54. The van der Waals surface area contributed by atoms with Crippen LogP contribution < -0.4 is 9.47 Å². The molecule has 4 saturated heterocycles. The molecule has 4 heterocycles. The molecule has 4 aliphatic rings. The molecule has 0 aliphatic carbocycles. The summed E-state index contributed by atoms with van der Waals surface area (Å²) in [5.74, 6) is -0.395. The van der Waals surface area contributed by atoms with Crippen molar-refractivity contribution in [1.29, 1.82) is 0 Å². The summed E-state index contributed by atoms with van der Waals surface area (Å²) in [6, 6.07) is 8.44. The SMILES string of the molecule is OC[C@H]1OC(OC[C@H]2OC(Oc3ccc(CCCc4ccc(OC5O[C@H](COC6O[C@H](CO)[C@@H](O)[C@H](O)[C@H]6O)[C@@H](O)[C@H](O)[C@H]5O)cc4O)c(O)c3)[C@H](O)[C@@H](O)[C@@H]2O)[C@H](O)[C@@H](O)[C@@H]1O. The Morgan fingerprint density at radius 3 is 1.05 bits per heavy atom. The average molecular weight is 909 g/mol. The first-order valence-corrected chi connectivity index (χ1v) is 20.1. The van der Waals surface area contributed by atoms with E-state index in [0.717, 1.165) is 0 Å². The number of aliphatic hydroxyl groups is 14. The van der Waals surface area contributed by atoms with Crippen LogP contribution in [0.5, 0.6) is 23.0 Å². The summed E-state index contributed by atoms with van der Waals surface area (Å²) >= 11 is 0. The molecule has 20 atom stereocenters. The van der Waals surface area contributed by atoms with Crippen LogP contribution in [-0.4, -0.2) is 231 Å². The highest BCUT2D eigenvalue weighted by Gasteiger charge is 2.50. The zero-order chi connectivity index (χ0) is 45.9. The lowest BCUT2D eigenvalue weighted by Gasteiger charge is -2.42. The van der Waals surface area contributed by atoms with Crippen molar-refractivity contribution in [1.82, 2.24) is 0 Å².